The van der Waals surface area contributed by atoms with Crippen LogP contribution in [0.2, 0.25) is 5.02 Å². The van der Waals surface area contributed by atoms with E-state index in [1.54, 1.807) is 19.2 Å². The van der Waals surface area contributed by atoms with E-state index in [4.69, 9.17) is 16.3 Å². The van der Waals surface area contributed by atoms with Crippen molar-refractivity contribution in [3.05, 3.63) is 34.9 Å². The fraction of sp³-hybridized carbons (Fsp3) is 0.385. The van der Waals surface area contributed by atoms with Crippen LogP contribution < -0.4 is 0 Å². The van der Waals surface area contributed by atoms with Crippen molar-refractivity contribution in [1.29, 1.82) is 0 Å². The molecule has 6 nitrogen and oxygen atoms in total. The highest BCUT2D eigenvalue weighted by molar-refractivity contribution is 6.30. The van der Waals surface area contributed by atoms with Crippen LogP contribution in [-0.2, 0) is 4.74 Å². The van der Waals surface area contributed by atoms with Crippen LogP contribution in [0, 0.1) is 0 Å². The number of ether oxygens (including phenoxy) is 1. The van der Waals surface area contributed by atoms with Crippen LogP contribution in [-0.4, -0.2) is 46.5 Å². The Morgan fingerprint density at radius 2 is 2.00 bits per heavy atom. The summed E-state index contributed by atoms with van der Waals surface area (Å²) in [5.41, 5.74) is 0.307. The molecule has 2 amide bonds. The number of carbonyl (C=O) groups excluding carboxylic acids is 2. The SMILES string of the molecule is CC1CC(OC(=O)c2ccc(Cl)cc2)N(O)C(=O)N1C. The van der Waals surface area contributed by atoms with E-state index < -0.39 is 18.2 Å². The van der Waals surface area contributed by atoms with Crippen molar-refractivity contribution in [3.8, 4) is 0 Å². The highest BCUT2D eigenvalue weighted by Gasteiger charge is 2.37. The first-order chi connectivity index (χ1) is 9.40. The predicted molar refractivity (Wildman–Crippen MR) is 71.5 cm³/mol. The molecule has 1 N–H and O–H groups in total. The number of halogens is 1. The quantitative estimate of drug-likeness (QED) is 0.672. The first-order valence-corrected chi connectivity index (χ1v) is 6.49. The summed E-state index contributed by atoms with van der Waals surface area (Å²) >= 11 is 5.74. The minimum Gasteiger partial charge on any atom is -0.435 e. The number of amides is 2. The van der Waals surface area contributed by atoms with Crippen LogP contribution in [0.3, 0.4) is 0 Å². The third kappa shape index (κ3) is 2.86. The van der Waals surface area contributed by atoms with Crippen LogP contribution in [0.1, 0.15) is 23.7 Å². The maximum Gasteiger partial charge on any atom is 0.347 e. The van der Waals surface area contributed by atoms with E-state index in [2.05, 4.69) is 0 Å². The Morgan fingerprint density at radius 3 is 2.60 bits per heavy atom. The number of benzene rings is 1. The van der Waals surface area contributed by atoms with Gasteiger partial charge in [-0.15, -0.1) is 0 Å². The van der Waals surface area contributed by atoms with Crippen molar-refractivity contribution >= 4 is 23.6 Å². The summed E-state index contributed by atoms with van der Waals surface area (Å²) in [5, 5.41) is 10.7. The molecule has 108 valence electrons. The number of carbonyl (C=O) groups is 2. The Morgan fingerprint density at radius 1 is 1.40 bits per heavy atom. The first kappa shape index (κ1) is 14.6. The molecule has 20 heavy (non-hydrogen) atoms. The minimum atomic E-state index is -0.989. The average Bonchev–Trinajstić information content (AvgIpc) is 2.43. The maximum absolute atomic E-state index is 11.9. The topological polar surface area (TPSA) is 70.1 Å². The monoisotopic (exact) mass is 298 g/mol. The van der Waals surface area contributed by atoms with Gasteiger partial charge in [0.25, 0.3) is 0 Å². The van der Waals surface area contributed by atoms with E-state index in [1.165, 1.54) is 17.0 Å². The maximum atomic E-state index is 11.9. The Hall–Kier alpha value is -1.79. The lowest BCUT2D eigenvalue weighted by molar-refractivity contribution is -0.184. The molecule has 0 spiro atoms. The Balaban J connectivity index is 2.07. The number of nitrogens with zero attached hydrogens (tertiary/aromatic N) is 2. The van der Waals surface area contributed by atoms with Gasteiger partial charge in [0, 0.05) is 24.5 Å². The third-order valence-electron chi connectivity index (χ3n) is 3.30. The summed E-state index contributed by atoms with van der Waals surface area (Å²) in [7, 11) is 1.58. The minimum absolute atomic E-state index is 0.131. The zero-order valence-corrected chi connectivity index (χ0v) is 11.9. The largest absolute Gasteiger partial charge is 0.435 e. The average molecular weight is 299 g/mol. The van der Waals surface area contributed by atoms with Crippen LogP contribution in [0.5, 0.6) is 0 Å². The highest BCUT2D eigenvalue weighted by atomic mass is 35.5. The van der Waals surface area contributed by atoms with Crippen molar-refractivity contribution in [2.24, 2.45) is 0 Å². The normalized spacial score (nSPS) is 22.9. The van der Waals surface area contributed by atoms with E-state index in [0.29, 0.717) is 22.1 Å². The molecule has 0 bridgehead atoms. The molecular formula is C13H15ClN2O4. The van der Waals surface area contributed by atoms with Crippen molar-refractivity contribution in [2.75, 3.05) is 7.05 Å². The van der Waals surface area contributed by atoms with Crippen LogP contribution >= 0.6 is 11.6 Å². The second-order valence-corrected chi connectivity index (χ2v) is 5.13. The number of hydrogen-bond donors (Lipinski definition) is 1. The van der Waals surface area contributed by atoms with Crippen molar-refractivity contribution < 1.29 is 19.5 Å². The molecule has 0 saturated carbocycles. The molecule has 1 aromatic carbocycles. The van der Waals surface area contributed by atoms with Gasteiger partial charge in [-0.25, -0.2) is 9.59 Å². The van der Waals surface area contributed by atoms with E-state index in [0.717, 1.165) is 0 Å². The molecule has 2 atom stereocenters. The smallest absolute Gasteiger partial charge is 0.347 e. The van der Waals surface area contributed by atoms with Gasteiger partial charge in [-0.3, -0.25) is 5.21 Å². The zero-order valence-electron chi connectivity index (χ0n) is 11.1. The summed E-state index contributed by atoms with van der Waals surface area (Å²) in [6.07, 6.45) is -0.658. The van der Waals surface area contributed by atoms with Gasteiger partial charge in [-0.05, 0) is 31.2 Å². The standard InChI is InChI=1S/C13H15ClN2O4/c1-8-7-11(16(19)13(18)15(8)2)20-12(17)9-3-5-10(14)6-4-9/h3-6,8,11,19H,7H2,1-2H3. The van der Waals surface area contributed by atoms with Gasteiger partial charge in [0.15, 0.2) is 0 Å². The second-order valence-electron chi connectivity index (χ2n) is 4.69. The molecule has 1 aliphatic rings. The lowest BCUT2D eigenvalue weighted by Crippen LogP contribution is -2.56. The van der Waals surface area contributed by atoms with Gasteiger partial charge in [0.1, 0.15) is 0 Å². The number of esters is 1. The summed E-state index contributed by atoms with van der Waals surface area (Å²) in [5.74, 6) is -0.615. The van der Waals surface area contributed by atoms with E-state index >= 15 is 0 Å². The molecule has 2 unspecified atom stereocenters. The summed E-state index contributed by atoms with van der Waals surface area (Å²) in [6, 6.07) is 5.44. The van der Waals surface area contributed by atoms with Gasteiger partial charge in [0.2, 0.25) is 6.23 Å². The van der Waals surface area contributed by atoms with Gasteiger partial charge in [0.05, 0.1) is 5.56 Å². The number of rotatable bonds is 2. The molecule has 0 aliphatic carbocycles. The molecule has 1 heterocycles. The molecule has 1 fully saturated rings. The highest BCUT2D eigenvalue weighted by Crippen LogP contribution is 2.21. The van der Waals surface area contributed by atoms with Crippen molar-refractivity contribution in [1.82, 2.24) is 9.96 Å². The first-order valence-electron chi connectivity index (χ1n) is 6.11. The number of hydroxylamine groups is 2. The van der Waals surface area contributed by atoms with Gasteiger partial charge in [-0.1, -0.05) is 11.6 Å². The van der Waals surface area contributed by atoms with Crippen LogP contribution in [0.25, 0.3) is 0 Å². The molecule has 1 saturated heterocycles. The Labute approximate surface area is 121 Å². The molecular weight excluding hydrogens is 284 g/mol. The molecule has 1 aromatic rings. The molecule has 2 rings (SSSR count). The lowest BCUT2D eigenvalue weighted by atomic mass is 10.1. The predicted octanol–water partition coefficient (Wildman–Crippen LogP) is 2.36. The van der Waals surface area contributed by atoms with E-state index in [-0.39, 0.29) is 6.04 Å². The Kier molecular flexibility index (Phi) is 4.15. The summed E-state index contributed by atoms with van der Waals surface area (Å²) < 4.78 is 5.17. The lowest BCUT2D eigenvalue weighted by Gasteiger charge is -2.39. The van der Waals surface area contributed by atoms with Gasteiger partial charge < -0.3 is 9.64 Å². The second kappa shape index (κ2) is 5.68. The van der Waals surface area contributed by atoms with E-state index in [9.17, 15) is 14.8 Å². The van der Waals surface area contributed by atoms with E-state index in [1.807, 2.05) is 6.92 Å². The molecule has 7 heteroatoms. The fourth-order valence-electron chi connectivity index (χ4n) is 1.90. The number of hydrogen-bond acceptors (Lipinski definition) is 4. The van der Waals surface area contributed by atoms with Gasteiger partial charge in [-0.2, -0.15) is 5.06 Å². The van der Waals surface area contributed by atoms with Crippen LogP contribution in [0.4, 0.5) is 4.79 Å². The number of urea groups is 1. The third-order valence-corrected chi connectivity index (χ3v) is 3.55. The zero-order chi connectivity index (χ0) is 14.9. The molecule has 1 aliphatic heterocycles. The molecule has 0 radical (unpaired) electrons. The fourth-order valence-corrected chi connectivity index (χ4v) is 2.02. The van der Waals surface area contributed by atoms with Crippen molar-refractivity contribution in [2.45, 2.75) is 25.6 Å². The summed E-state index contributed by atoms with van der Waals surface area (Å²) in [4.78, 5) is 25.0. The van der Waals surface area contributed by atoms with Crippen LogP contribution in [0.15, 0.2) is 24.3 Å². The van der Waals surface area contributed by atoms with Gasteiger partial charge >= 0.3 is 12.0 Å². The summed E-state index contributed by atoms with van der Waals surface area (Å²) in [6.45, 7) is 1.81. The Bertz CT molecular complexity index is 520. The molecule has 0 aromatic heterocycles. The van der Waals surface area contributed by atoms with Crippen molar-refractivity contribution in [3.63, 3.8) is 0 Å².